The predicted octanol–water partition coefficient (Wildman–Crippen LogP) is 2.57. The van der Waals surface area contributed by atoms with Gasteiger partial charge in [0.05, 0.1) is 17.6 Å². The van der Waals surface area contributed by atoms with Gasteiger partial charge in [-0.25, -0.2) is 0 Å². The monoisotopic (exact) mass is 345 g/mol. The molecule has 130 valence electrons. The summed E-state index contributed by atoms with van der Waals surface area (Å²) in [5.41, 5.74) is 6.63. The van der Waals surface area contributed by atoms with Crippen LogP contribution in [0.5, 0.6) is 0 Å². The summed E-state index contributed by atoms with van der Waals surface area (Å²) in [6.07, 6.45) is 5.31. The first-order valence-corrected chi connectivity index (χ1v) is 8.03. The fraction of sp³-hybridized carbons (Fsp3) is 0.100. The number of nitrogens with zero attached hydrogens (tertiary/aromatic N) is 5. The number of hydrogen-bond acceptors (Lipinski definition) is 5. The van der Waals surface area contributed by atoms with Gasteiger partial charge in [-0.15, -0.1) is 5.10 Å². The molecule has 2 aromatic heterocycles. The molecule has 0 radical (unpaired) electrons. The Bertz CT molecular complexity index is 930. The molecule has 0 saturated carbocycles. The van der Waals surface area contributed by atoms with E-state index < -0.39 is 0 Å². The van der Waals surface area contributed by atoms with Gasteiger partial charge in [-0.05, 0) is 42.0 Å². The molecule has 1 aromatic carbocycles. The zero-order valence-corrected chi connectivity index (χ0v) is 14.6. The minimum absolute atomic E-state index is 0. The quantitative estimate of drug-likeness (QED) is 0.422. The summed E-state index contributed by atoms with van der Waals surface area (Å²) in [7, 11) is 4.04. The number of anilines is 1. The van der Waals surface area contributed by atoms with Crippen molar-refractivity contribution in [1.82, 2.24) is 9.97 Å². The zero-order chi connectivity index (χ0) is 17.2. The Morgan fingerprint density at radius 1 is 0.846 bits per heavy atom. The summed E-state index contributed by atoms with van der Waals surface area (Å²) in [5, 5.41) is 8.74. The fourth-order valence-electron chi connectivity index (χ4n) is 2.83. The molecule has 0 spiro atoms. The van der Waals surface area contributed by atoms with Crippen LogP contribution in [0.1, 0.15) is 16.7 Å². The van der Waals surface area contributed by atoms with Crippen LogP contribution in [0.25, 0.3) is 11.4 Å². The summed E-state index contributed by atoms with van der Waals surface area (Å²) >= 11 is 0. The van der Waals surface area contributed by atoms with Gasteiger partial charge in [-0.1, -0.05) is 12.1 Å². The second-order valence-corrected chi connectivity index (χ2v) is 5.98. The molecule has 2 heterocycles. The second-order valence-electron chi connectivity index (χ2n) is 5.98. The van der Waals surface area contributed by atoms with Gasteiger partial charge in [0.1, 0.15) is 5.71 Å². The maximum absolute atomic E-state index is 4.45. The van der Waals surface area contributed by atoms with Gasteiger partial charge in [-0.3, -0.25) is 9.97 Å². The van der Waals surface area contributed by atoms with Crippen molar-refractivity contribution in [1.29, 1.82) is 0 Å². The van der Waals surface area contributed by atoms with Crippen molar-refractivity contribution in [2.45, 2.75) is 0 Å². The van der Waals surface area contributed by atoms with Crippen LogP contribution < -0.4 is 4.90 Å². The van der Waals surface area contributed by atoms with E-state index in [1.165, 1.54) is 0 Å². The van der Waals surface area contributed by atoms with Crippen LogP contribution in [-0.4, -0.2) is 41.5 Å². The predicted molar refractivity (Wildman–Crippen MR) is 105 cm³/mol. The Kier molecular flexibility index (Phi) is 4.86. The Morgan fingerprint density at radius 3 is 1.96 bits per heavy atom. The number of benzene rings is 1. The molecule has 0 unspecified atom stereocenters. The number of fused-ring (bicyclic) bond motifs is 3. The average molecular weight is 345 g/mol. The van der Waals surface area contributed by atoms with E-state index in [9.17, 15) is 0 Å². The van der Waals surface area contributed by atoms with Gasteiger partial charge < -0.3 is 10.4 Å². The third-order valence-electron chi connectivity index (χ3n) is 4.12. The van der Waals surface area contributed by atoms with Crippen molar-refractivity contribution < 1.29 is 5.48 Å². The van der Waals surface area contributed by atoms with Crippen LogP contribution in [-0.2, 0) is 0 Å². The van der Waals surface area contributed by atoms with E-state index in [0.717, 1.165) is 39.5 Å². The molecule has 1 aliphatic carbocycles. The van der Waals surface area contributed by atoms with Crippen molar-refractivity contribution in [3.63, 3.8) is 0 Å². The fourth-order valence-corrected chi connectivity index (χ4v) is 2.83. The van der Waals surface area contributed by atoms with Gasteiger partial charge in [-0.2, -0.15) is 5.10 Å². The van der Waals surface area contributed by atoms with E-state index in [1.807, 2.05) is 50.5 Å². The van der Waals surface area contributed by atoms with Crippen molar-refractivity contribution in [3.05, 3.63) is 77.6 Å². The SMILES string of the molecule is CN(C)c1ccc(/C=N/N=C2c3cccnc3-c3ncccc32)cc1.O. The molecule has 1 aliphatic rings. The molecule has 0 saturated heterocycles. The summed E-state index contributed by atoms with van der Waals surface area (Å²) in [6.45, 7) is 0. The highest BCUT2D eigenvalue weighted by molar-refractivity contribution is 6.23. The van der Waals surface area contributed by atoms with Crippen molar-refractivity contribution in [2.24, 2.45) is 10.2 Å². The molecule has 0 aliphatic heterocycles. The molecule has 4 rings (SSSR count). The highest BCUT2D eigenvalue weighted by Crippen LogP contribution is 2.33. The van der Waals surface area contributed by atoms with Crippen LogP contribution in [0.4, 0.5) is 5.69 Å². The number of aromatic nitrogens is 2. The highest BCUT2D eigenvalue weighted by Gasteiger charge is 2.26. The largest absolute Gasteiger partial charge is 0.412 e. The molecular formula is C20H19N5O. The lowest BCUT2D eigenvalue weighted by molar-refractivity contribution is 0.824. The van der Waals surface area contributed by atoms with E-state index in [4.69, 9.17) is 0 Å². The van der Waals surface area contributed by atoms with Crippen LogP contribution in [0.3, 0.4) is 0 Å². The summed E-state index contributed by atoms with van der Waals surface area (Å²) < 4.78 is 0. The lowest BCUT2D eigenvalue weighted by atomic mass is 10.1. The lowest BCUT2D eigenvalue weighted by Crippen LogP contribution is -2.08. The standard InChI is InChI=1S/C20H17N5.H2O/c1-25(2)15-9-7-14(8-10-15)13-23-24-18-16-5-3-11-21-19(16)20-17(18)6-4-12-22-20;/h3-13H,1-2H3;1H2/b23-13+;. The van der Waals surface area contributed by atoms with Crippen molar-refractivity contribution in [2.75, 3.05) is 19.0 Å². The lowest BCUT2D eigenvalue weighted by Gasteiger charge is -2.11. The highest BCUT2D eigenvalue weighted by atomic mass is 16.0. The maximum Gasteiger partial charge on any atom is 0.105 e. The van der Waals surface area contributed by atoms with Crippen LogP contribution in [0, 0.1) is 0 Å². The Labute approximate surface area is 151 Å². The number of hydrogen-bond donors (Lipinski definition) is 0. The van der Waals surface area contributed by atoms with Gasteiger partial charge in [0.25, 0.3) is 0 Å². The van der Waals surface area contributed by atoms with Crippen LogP contribution in [0.15, 0.2) is 71.1 Å². The van der Waals surface area contributed by atoms with Gasteiger partial charge in [0.15, 0.2) is 0 Å². The van der Waals surface area contributed by atoms with E-state index in [1.54, 1.807) is 18.6 Å². The third-order valence-corrected chi connectivity index (χ3v) is 4.12. The van der Waals surface area contributed by atoms with E-state index >= 15 is 0 Å². The Hall–Kier alpha value is -3.38. The van der Waals surface area contributed by atoms with E-state index in [-0.39, 0.29) is 5.48 Å². The first kappa shape index (κ1) is 17.4. The topological polar surface area (TPSA) is 85.2 Å². The molecule has 0 bridgehead atoms. The normalized spacial score (nSPS) is 11.7. The first-order chi connectivity index (χ1) is 12.2. The molecule has 0 atom stereocenters. The molecule has 2 N–H and O–H groups in total. The number of pyridine rings is 2. The average Bonchev–Trinajstić information content (AvgIpc) is 2.97. The third kappa shape index (κ3) is 3.10. The minimum Gasteiger partial charge on any atom is -0.412 e. The van der Waals surface area contributed by atoms with Crippen LogP contribution in [0.2, 0.25) is 0 Å². The molecular weight excluding hydrogens is 326 g/mol. The summed E-state index contributed by atoms with van der Waals surface area (Å²) in [4.78, 5) is 10.9. The summed E-state index contributed by atoms with van der Waals surface area (Å²) in [6, 6.07) is 16.0. The van der Waals surface area contributed by atoms with Crippen LogP contribution >= 0.6 is 0 Å². The molecule has 3 aromatic rings. The van der Waals surface area contributed by atoms with Crippen molar-refractivity contribution in [3.8, 4) is 11.4 Å². The van der Waals surface area contributed by atoms with Gasteiger partial charge >= 0.3 is 0 Å². The molecule has 0 fully saturated rings. The van der Waals surface area contributed by atoms with E-state index in [0.29, 0.717) is 0 Å². The Morgan fingerprint density at radius 2 is 1.42 bits per heavy atom. The van der Waals surface area contributed by atoms with Gasteiger partial charge in [0.2, 0.25) is 0 Å². The van der Waals surface area contributed by atoms with E-state index in [2.05, 4.69) is 37.2 Å². The summed E-state index contributed by atoms with van der Waals surface area (Å²) in [5.74, 6) is 0. The maximum atomic E-state index is 4.45. The van der Waals surface area contributed by atoms with Crippen molar-refractivity contribution >= 4 is 17.6 Å². The first-order valence-electron chi connectivity index (χ1n) is 8.03. The smallest absolute Gasteiger partial charge is 0.105 e. The minimum atomic E-state index is 0. The molecule has 0 amide bonds. The second kappa shape index (κ2) is 7.25. The van der Waals surface area contributed by atoms with Gasteiger partial charge in [0, 0.05) is 43.3 Å². The Balaban J connectivity index is 0.00000196. The molecule has 6 heteroatoms. The molecule has 6 nitrogen and oxygen atoms in total. The number of rotatable bonds is 3. The zero-order valence-electron chi connectivity index (χ0n) is 14.6. The molecule has 26 heavy (non-hydrogen) atoms.